The lowest BCUT2D eigenvalue weighted by Crippen LogP contribution is -2.07. The van der Waals surface area contributed by atoms with Gasteiger partial charge in [-0.25, -0.2) is 0 Å². The molecule has 0 saturated heterocycles. The average Bonchev–Trinajstić information content (AvgIpc) is 2.59. The van der Waals surface area contributed by atoms with Crippen molar-refractivity contribution in [3.05, 3.63) is 23.8 Å². The summed E-state index contributed by atoms with van der Waals surface area (Å²) in [7, 11) is 0. The highest BCUT2D eigenvalue weighted by Gasteiger charge is 2.23. The topological polar surface area (TPSA) is 21.3 Å². The summed E-state index contributed by atoms with van der Waals surface area (Å²) in [5, 5.41) is 3.48. The van der Waals surface area contributed by atoms with E-state index in [1.54, 1.807) is 0 Å². The van der Waals surface area contributed by atoms with E-state index < -0.39 is 0 Å². The summed E-state index contributed by atoms with van der Waals surface area (Å²) in [5.41, 5.74) is 2.71. The van der Waals surface area contributed by atoms with Crippen LogP contribution in [0.25, 0.3) is 0 Å². The molecule has 0 saturated carbocycles. The number of fused-ring (bicyclic) bond motifs is 1. The Morgan fingerprint density at radius 2 is 2.06 bits per heavy atom. The predicted octanol–water partition coefficient (Wildman–Crippen LogP) is 4.03. The largest absolute Gasteiger partial charge is 0.491 e. The second-order valence-corrected chi connectivity index (χ2v) is 5.62. The van der Waals surface area contributed by atoms with E-state index in [1.165, 1.54) is 17.7 Å². The van der Waals surface area contributed by atoms with Gasteiger partial charge in [-0.15, -0.1) is 0 Å². The maximum Gasteiger partial charge on any atom is 0.120 e. The molecule has 0 aliphatic carbocycles. The van der Waals surface area contributed by atoms with E-state index in [9.17, 15) is 0 Å². The fourth-order valence-electron chi connectivity index (χ4n) is 2.51. The van der Waals surface area contributed by atoms with Crippen LogP contribution in [0.5, 0.6) is 5.75 Å². The lowest BCUT2D eigenvalue weighted by Gasteiger charge is -2.15. The van der Waals surface area contributed by atoms with Gasteiger partial charge < -0.3 is 10.1 Å². The number of ether oxygens (including phenoxy) is 1. The molecule has 0 radical (unpaired) electrons. The average molecular weight is 233 g/mol. The molecule has 1 aromatic carbocycles. The van der Waals surface area contributed by atoms with Crippen molar-refractivity contribution in [2.75, 3.05) is 11.9 Å². The van der Waals surface area contributed by atoms with E-state index in [-0.39, 0.29) is 6.10 Å². The Morgan fingerprint density at radius 1 is 1.29 bits per heavy atom. The van der Waals surface area contributed by atoms with Gasteiger partial charge in [0, 0.05) is 18.2 Å². The van der Waals surface area contributed by atoms with Gasteiger partial charge in [-0.05, 0) is 49.9 Å². The van der Waals surface area contributed by atoms with E-state index in [0.717, 1.165) is 18.2 Å². The van der Waals surface area contributed by atoms with Gasteiger partial charge in [-0.1, -0.05) is 13.8 Å². The molecule has 1 N–H and O–H groups in total. The lowest BCUT2D eigenvalue weighted by molar-refractivity contribution is 0.242. The Balaban J connectivity index is 2.18. The van der Waals surface area contributed by atoms with Crippen molar-refractivity contribution in [1.29, 1.82) is 0 Å². The van der Waals surface area contributed by atoms with Crippen LogP contribution in [-0.2, 0) is 0 Å². The summed E-state index contributed by atoms with van der Waals surface area (Å²) >= 11 is 0. The van der Waals surface area contributed by atoms with E-state index in [4.69, 9.17) is 4.74 Å². The van der Waals surface area contributed by atoms with E-state index in [0.29, 0.717) is 5.92 Å². The highest BCUT2D eigenvalue weighted by atomic mass is 16.5. The highest BCUT2D eigenvalue weighted by Crippen LogP contribution is 2.37. The number of hydrogen-bond donors (Lipinski definition) is 1. The Morgan fingerprint density at radius 3 is 2.71 bits per heavy atom. The second-order valence-electron chi connectivity index (χ2n) is 5.62. The lowest BCUT2D eigenvalue weighted by atomic mass is 9.92. The van der Waals surface area contributed by atoms with Crippen molar-refractivity contribution in [2.45, 2.75) is 46.1 Å². The van der Waals surface area contributed by atoms with Crippen molar-refractivity contribution >= 4 is 5.69 Å². The summed E-state index contributed by atoms with van der Waals surface area (Å²) in [6.45, 7) is 9.77. The van der Waals surface area contributed by atoms with E-state index >= 15 is 0 Å². The molecule has 0 aromatic heterocycles. The molecule has 17 heavy (non-hydrogen) atoms. The number of anilines is 1. The smallest absolute Gasteiger partial charge is 0.120 e. The molecule has 0 spiro atoms. The summed E-state index contributed by atoms with van der Waals surface area (Å²) in [5.74, 6) is 2.37. The minimum atomic E-state index is 0.242. The molecule has 1 aliphatic rings. The number of hydrogen-bond acceptors (Lipinski definition) is 2. The summed E-state index contributed by atoms with van der Waals surface area (Å²) < 4.78 is 5.76. The molecule has 2 nitrogen and oxygen atoms in total. The molecule has 0 fully saturated rings. The van der Waals surface area contributed by atoms with E-state index in [2.05, 4.69) is 51.2 Å². The molecule has 94 valence electrons. The zero-order chi connectivity index (χ0) is 12.4. The fourth-order valence-corrected chi connectivity index (χ4v) is 2.51. The van der Waals surface area contributed by atoms with Crippen LogP contribution in [0.15, 0.2) is 18.2 Å². The molecule has 0 amide bonds. The summed E-state index contributed by atoms with van der Waals surface area (Å²) in [6, 6.07) is 6.42. The molecule has 0 bridgehead atoms. The van der Waals surface area contributed by atoms with E-state index in [1.807, 2.05) is 0 Å². The summed E-state index contributed by atoms with van der Waals surface area (Å²) in [6.07, 6.45) is 1.48. The highest BCUT2D eigenvalue weighted by molar-refractivity contribution is 5.60. The van der Waals surface area contributed by atoms with Crippen LogP contribution in [0.1, 0.15) is 45.6 Å². The van der Waals surface area contributed by atoms with Gasteiger partial charge in [0.15, 0.2) is 0 Å². The Bertz CT molecular complexity index is 385. The zero-order valence-corrected chi connectivity index (χ0v) is 11.3. The molecule has 1 unspecified atom stereocenters. The maximum absolute atomic E-state index is 5.76. The van der Waals surface area contributed by atoms with Gasteiger partial charge in [0.1, 0.15) is 5.75 Å². The van der Waals surface area contributed by atoms with Gasteiger partial charge in [0.05, 0.1) is 6.10 Å². The molecule has 1 aromatic rings. The third-order valence-corrected chi connectivity index (χ3v) is 3.13. The van der Waals surface area contributed by atoms with Crippen LogP contribution >= 0.6 is 0 Å². The SMILES string of the molecule is CC(C)CC1CNc2ccc(OC(C)C)cc21. The number of rotatable bonds is 4. The summed E-state index contributed by atoms with van der Waals surface area (Å²) in [4.78, 5) is 0. The predicted molar refractivity (Wildman–Crippen MR) is 72.9 cm³/mol. The van der Waals surface area contributed by atoms with Crippen LogP contribution < -0.4 is 10.1 Å². The van der Waals surface area contributed by atoms with Crippen molar-refractivity contribution in [3.8, 4) is 5.75 Å². The first-order valence-corrected chi connectivity index (χ1v) is 6.60. The quantitative estimate of drug-likeness (QED) is 0.847. The molecule has 2 heteroatoms. The third kappa shape index (κ3) is 2.93. The Kier molecular flexibility index (Phi) is 3.60. The molecule has 1 heterocycles. The Labute approximate surface area is 104 Å². The van der Waals surface area contributed by atoms with Crippen LogP contribution in [0.3, 0.4) is 0 Å². The second kappa shape index (κ2) is 4.99. The van der Waals surface area contributed by atoms with Gasteiger partial charge in [-0.3, -0.25) is 0 Å². The van der Waals surface area contributed by atoms with Crippen LogP contribution in [0.4, 0.5) is 5.69 Å². The number of benzene rings is 1. The normalized spacial score (nSPS) is 18.4. The van der Waals surface area contributed by atoms with Crippen LogP contribution in [0.2, 0.25) is 0 Å². The first-order chi connectivity index (χ1) is 8.06. The molecular formula is C15H23NO. The zero-order valence-electron chi connectivity index (χ0n) is 11.3. The van der Waals surface area contributed by atoms with Gasteiger partial charge in [0.25, 0.3) is 0 Å². The molecule has 1 aliphatic heterocycles. The molecule has 1 atom stereocenters. The van der Waals surface area contributed by atoms with Gasteiger partial charge >= 0.3 is 0 Å². The van der Waals surface area contributed by atoms with Crippen molar-refractivity contribution < 1.29 is 4.74 Å². The van der Waals surface area contributed by atoms with Crippen LogP contribution in [0, 0.1) is 5.92 Å². The third-order valence-electron chi connectivity index (χ3n) is 3.13. The minimum Gasteiger partial charge on any atom is -0.491 e. The first kappa shape index (κ1) is 12.3. The Hall–Kier alpha value is -1.18. The molecule has 2 rings (SSSR count). The van der Waals surface area contributed by atoms with Gasteiger partial charge in [-0.2, -0.15) is 0 Å². The van der Waals surface area contributed by atoms with Gasteiger partial charge in [0.2, 0.25) is 0 Å². The molecular weight excluding hydrogens is 210 g/mol. The minimum absolute atomic E-state index is 0.242. The maximum atomic E-state index is 5.76. The standard InChI is InChI=1S/C15H23NO/c1-10(2)7-12-9-16-15-6-5-13(8-14(12)15)17-11(3)4/h5-6,8,10-12,16H,7,9H2,1-4H3. The number of nitrogens with one attached hydrogen (secondary N) is 1. The monoisotopic (exact) mass is 233 g/mol. The fraction of sp³-hybridized carbons (Fsp3) is 0.600. The van der Waals surface area contributed by atoms with Crippen molar-refractivity contribution in [2.24, 2.45) is 5.92 Å². The van der Waals surface area contributed by atoms with Crippen molar-refractivity contribution in [3.63, 3.8) is 0 Å². The van der Waals surface area contributed by atoms with Crippen LogP contribution in [-0.4, -0.2) is 12.6 Å². The van der Waals surface area contributed by atoms with Crippen molar-refractivity contribution in [1.82, 2.24) is 0 Å². The first-order valence-electron chi connectivity index (χ1n) is 6.60.